The first kappa shape index (κ1) is 24.1. The summed E-state index contributed by atoms with van der Waals surface area (Å²) in [5, 5.41) is 11.6. The van der Waals surface area contributed by atoms with Gasteiger partial charge in [-0.2, -0.15) is 0 Å². The molecule has 0 aliphatic carbocycles. The molecule has 0 aliphatic rings. The van der Waals surface area contributed by atoms with Gasteiger partial charge in [-0.15, -0.1) is 0 Å². The monoisotopic (exact) mass is 375 g/mol. The quantitative estimate of drug-likeness (QED) is 0.376. The van der Waals surface area contributed by atoms with Crippen LogP contribution in [-0.2, 0) is 20.4 Å². The van der Waals surface area contributed by atoms with Gasteiger partial charge in [-0.3, -0.25) is 9.00 Å². The summed E-state index contributed by atoms with van der Waals surface area (Å²) in [7, 11) is -1.05. The van der Waals surface area contributed by atoms with Crippen molar-refractivity contribution in [1.82, 2.24) is 5.32 Å². The molecule has 2 atom stereocenters. The van der Waals surface area contributed by atoms with E-state index in [0.717, 1.165) is 19.3 Å². The molecule has 0 bridgehead atoms. The van der Waals surface area contributed by atoms with Crippen molar-refractivity contribution >= 4 is 22.7 Å². The molecule has 1 unspecified atom stereocenters. The lowest BCUT2D eigenvalue weighted by Gasteiger charge is -2.13. The van der Waals surface area contributed by atoms with Gasteiger partial charge in [0.05, 0.1) is 0 Å². The highest BCUT2D eigenvalue weighted by atomic mass is 32.2. The molecule has 0 aromatic carbocycles. The predicted octanol–water partition coefficient (Wildman–Crippen LogP) is 4.03. The van der Waals surface area contributed by atoms with Crippen LogP contribution >= 0.6 is 0 Å². The van der Waals surface area contributed by atoms with Crippen molar-refractivity contribution < 1.29 is 18.9 Å². The molecule has 0 radical (unpaired) electrons. The van der Waals surface area contributed by atoms with Gasteiger partial charge in [-0.05, 0) is 12.8 Å². The van der Waals surface area contributed by atoms with Gasteiger partial charge in [0.25, 0.3) is 0 Å². The van der Waals surface area contributed by atoms with E-state index in [4.69, 9.17) is 5.11 Å². The van der Waals surface area contributed by atoms with E-state index >= 15 is 0 Å². The van der Waals surface area contributed by atoms with Crippen LogP contribution in [0.4, 0.5) is 0 Å². The summed E-state index contributed by atoms with van der Waals surface area (Å²) in [6.07, 6.45) is 15.5. The number of carbonyl (C=O) groups excluding carboxylic acids is 1. The Balaban J connectivity index is 3.58. The Hall–Kier alpha value is -0.910. The molecule has 0 fully saturated rings. The molecule has 0 aromatic rings. The molecule has 5 nitrogen and oxygen atoms in total. The fraction of sp³-hybridized carbons (Fsp3) is 0.895. The Bertz CT molecular complexity index is 388. The Morgan fingerprint density at radius 1 is 0.920 bits per heavy atom. The molecule has 148 valence electrons. The maximum Gasteiger partial charge on any atom is 0.326 e. The van der Waals surface area contributed by atoms with E-state index in [0.29, 0.717) is 6.42 Å². The third-order valence-electron chi connectivity index (χ3n) is 4.33. The Kier molecular flexibility index (Phi) is 16.0. The summed E-state index contributed by atoms with van der Waals surface area (Å²) in [4.78, 5) is 22.9. The van der Waals surface area contributed by atoms with E-state index in [2.05, 4.69) is 12.2 Å². The van der Waals surface area contributed by atoms with E-state index in [1.165, 1.54) is 57.6 Å². The molecule has 0 aromatic heterocycles. The zero-order valence-electron chi connectivity index (χ0n) is 16.1. The molecule has 0 saturated carbocycles. The highest BCUT2D eigenvalue weighted by molar-refractivity contribution is 7.84. The van der Waals surface area contributed by atoms with Crippen molar-refractivity contribution in [1.29, 1.82) is 0 Å². The number of nitrogens with one attached hydrogen (secondary N) is 1. The van der Waals surface area contributed by atoms with E-state index in [1.807, 2.05) is 0 Å². The van der Waals surface area contributed by atoms with Crippen LogP contribution in [0.3, 0.4) is 0 Å². The zero-order valence-corrected chi connectivity index (χ0v) is 16.9. The van der Waals surface area contributed by atoms with Crippen molar-refractivity contribution in [2.75, 3.05) is 12.0 Å². The van der Waals surface area contributed by atoms with Crippen molar-refractivity contribution in [2.24, 2.45) is 0 Å². The number of carbonyl (C=O) groups is 2. The van der Waals surface area contributed by atoms with Crippen molar-refractivity contribution in [3.8, 4) is 0 Å². The first-order valence-electron chi connectivity index (χ1n) is 9.79. The fourth-order valence-corrected chi connectivity index (χ4v) is 3.33. The second-order valence-electron chi connectivity index (χ2n) is 6.81. The smallest absolute Gasteiger partial charge is 0.326 e. The number of rotatable bonds is 17. The molecule has 0 rings (SSSR count). The minimum atomic E-state index is -1.06. The standard InChI is InChI=1S/C19H37NO4S/c1-3-4-5-6-7-8-9-10-11-12-13-14-18(21)20-17(19(22)23)15-16-25(2)24/h17H,3-16H2,1-2H3,(H,20,21)(H,22,23)/t17-,25?/m0/s1. The molecular weight excluding hydrogens is 338 g/mol. The average Bonchev–Trinajstić information content (AvgIpc) is 2.56. The third kappa shape index (κ3) is 16.3. The summed E-state index contributed by atoms with van der Waals surface area (Å²) in [5.41, 5.74) is 0. The molecule has 0 aliphatic heterocycles. The number of carboxylic acids is 1. The summed E-state index contributed by atoms with van der Waals surface area (Å²) in [5.74, 6) is -0.988. The van der Waals surface area contributed by atoms with Crippen molar-refractivity contribution in [3.63, 3.8) is 0 Å². The molecule has 0 spiro atoms. The number of unbranched alkanes of at least 4 members (excludes halogenated alkanes) is 10. The molecule has 0 saturated heterocycles. The van der Waals surface area contributed by atoms with Crippen molar-refractivity contribution in [2.45, 2.75) is 96.4 Å². The van der Waals surface area contributed by atoms with Gasteiger partial charge in [0.1, 0.15) is 6.04 Å². The molecule has 0 heterocycles. The maximum absolute atomic E-state index is 11.8. The van der Waals surface area contributed by atoms with Gasteiger partial charge >= 0.3 is 5.97 Å². The van der Waals surface area contributed by atoms with Gasteiger partial charge in [0.2, 0.25) is 5.91 Å². The number of hydrogen-bond donors (Lipinski definition) is 2. The van der Waals surface area contributed by atoms with Crippen LogP contribution in [0.2, 0.25) is 0 Å². The molecule has 6 heteroatoms. The second-order valence-corrected chi connectivity index (χ2v) is 8.36. The van der Waals surface area contributed by atoms with E-state index in [1.54, 1.807) is 0 Å². The second kappa shape index (κ2) is 16.6. The SMILES string of the molecule is CCCCCCCCCCCCCC(=O)N[C@@H](CCS(C)=O)C(=O)O. The van der Waals surface area contributed by atoms with Crippen LogP contribution < -0.4 is 5.32 Å². The van der Waals surface area contributed by atoms with Crippen LogP contribution in [-0.4, -0.2) is 39.2 Å². The van der Waals surface area contributed by atoms with E-state index < -0.39 is 22.8 Å². The number of aliphatic carboxylic acids is 1. The van der Waals surface area contributed by atoms with Crippen LogP contribution in [0.1, 0.15) is 90.4 Å². The van der Waals surface area contributed by atoms with Crippen LogP contribution in [0.25, 0.3) is 0 Å². The number of hydrogen-bond acceptors (Lipinski definition) is 3. The van der Waals surface area contributed by atoms with Crippen molar-refractivity contribution in [3.05, 3.63) is 0 Å². The zero-order chi connectivity index (χ0) is 18.9. The van der Waals surface area contributed by atoms with Gasteiger partial charge in [-0.1, -0.05) is 71.1 Å². The Morgan fingerprint density at radius 3 is 1.84 bits per heavy atom. The third-order valence-corrected chi connectivity index (χ3v) is 5.15. The number of amides is 1. The fourth-order valence-electron chi connectivity index (χ4n) is 2.76. The summed E-state index contributed by atoms with van der Waals surface area (Å²) in [6, 6.07) is -0.927. The maximum atomic E-state index is 11.8. The van der Waals surface area contributed by atoms with Gasteiger partial charge in [0.15, 0.2) is 0 Å². The normalized spacial score (nSPS) is 13.4. The molecule has 2 N–H and O–H groups in total. The minimum absolute atomic E-state index is 0.211. The minimum Gasteiger partial charge on any atom is -0.480 e. The van der Waals surface area contributed by atoms with Crippen LogP contribution in [0.15, 0.2) is 0 Å². The highest BCUT2D eigenvalue weighted by Gasteiger charge is 2.19. The Labute approximate surface area is 155 Å². The predicted molar refractivity (Wildman–Crippen MR) is 104 cm³/mol. The number of carboxylic acid groups (broad SMARTS) is 1. The summed E-state index contributed by atoms with van der Waals surface area (Å²) in [6.45, 7) is 2.23. The lowest BCUT2D eigenvalue weighted by Crippen LogP contribution is -2.41. The first-order valence-corrected chi connectivity index (χ1v) is 11.5. The molecular formula is C19H37NO4S. The molecule has 1 amide bonds. The van der Waals surface area contributed by atoms with Gasteiger partial charge in [0, 0.05) is 29.2 Å². The summed E-state index contributed by atoms with van der Waals surface area (Å²) >= 11 is 0. The Morgan fingerprint density at radius 2 is 1.40 bits per heavy atom. The van der Waals surface area contributed by atoms with Crippen LogP contribution in [0, 0.1) is 0 Å². The van der Waals surface area contributed by atoms with E-state index in [9.17, 15) is 13.8 Å². The topological polar surface area (TPSA) is 83.5 Å². The summed E-state index contributed by atoms with van der Waals surface area (Å²) < 4.78 is 11.0. The van der Waals surface area contributed by atoms with E-state index in [-0.39, 0.29) is 18.1 Å². The lowest BCUT2D eigenvalue weighted by molar-refractivity contribution is -0.141. The molecule has 25 heavy (non-hydrogen) atoms. The van der Waals surface area contributed by atoms with Crippen LogP contribution in [0.5, 0.6) is 0 Å². The van der Waals surface area contributed by atoms with Gasteiger partial charge < -0.3 is 10.4 Å². The first-order chi connectivity index (χ1) is 12.0. The average molecular weight is 376 g/mol. The highest BCUT2D eigenvalue weighted by Crippen LogP contribution is 2.12. The lowest BCUT2D eigenvalue weighted by atomic mass is 10.1. The van der Waals surface area contributed by atoms with Gasteiger partial charge in [-0.25, -0.2) is 4.79 Å². The largest absolute Gasteiger partial charge is 0.480 e.